The molecule has 0 saturated heterocycles. The predicted octanol–water partition coefficient (Wildman–Crippen LogP) is 1.34. The third-order valence-corrected chi connectivity index (χ3v) is 3.13. The highest BCUT2D eigenvalue weighted by molar-refractivity contribution is 9.10. The number of halogens is 1. The standard InChI is InChI=1S/C10H7BrN2O3S/c11-7-3-1-6(2-4-7)9-12-13-10(16-9)17-5-8(14)15/h1-4H,5H2,(H,14,15)/p-1. The Morgan fingerprint density at radius 2 is 2.06 bits per heavy atom. The Bertz CT molecular complexity index is 527. The van der Waals surface area contributed by atoms with Gasteiger partial charge in [-0.15, -0.1) is 10.2 Å². The van der Waals surface area contributed by atoms with E-state index < -0.39 is 5.97 Å². The maximum absolute atomic E-state index is 10.3. The molecule has 5 nitrogen and oxygen atoms in total. The number of carbonyl (C=O) groups is 1. The van der Waals surface area contributed by atoms with Gasteiger partial charge in [0.1, 0.15) is 0 Å². The van der Waals surface area contributed by atoms with Gasteiger partial charge in [-0.25, -0.2) is 0 Å². The molecule has 0 unspecified atom stereocenters. The molecule has 0 fully saturated rings. The number of nitrogens with zero attached hydrogens (tertiary/aromatic N) is 2. The van der Waals surface area contributed by atoms with Crippen molar-refractivity contribution >= 4 is 33.7 Å². The summed E-state index contributed by atoms with van der Waals surface area (Å²) in [4.78, 5) is 10.3. The zero-order valence-electron chi connectivity index (χ0n) is 8.42. The average Bonchev–Trinajstić information content (AvgIpc) is 2.76. The molecule has 1 aromatic carbocycles. The molecule has 0 aliphatic rings. The highest BCUT2D eigenvalue weighted by Crippen LogP contribution is 2.24. The molecular weight excluding hydrogens is 308 g/mol. The van der Waals surface area contributed by atoms with E-state index >= 15 is 0 Å². The molecule has 0 radical (unpaired) electrons. The maximum Gasteiger partial charge on any atom is 0.277 e. The summed E-state index contributed by atoms with van der Waals surface area (Å²) in [5.41, 5.74) is 0.779. The van der Waals surface area contributed by atoms with Gasteiger partial charge in [-0.2, -0.15) is 0 Å². The number of aromatic nitrogens is 2. The number of benzene rings is 1. The van der Waals surface area contributed by atoms with Crippen LogP contribution < -0.4 is 5.11 Å². The van der Waals surface area contributed by atoms with Gasteiger partial charge in [-0.05, 0) is 24.3 Å². The Morgan fingerprint density at radius 3 is 2.71 bits per heavy atom. The molecule has 0 atom stereocenters. The van der Waals surface area contributed by atoms with E-state index in [2.05, 4.69) is 26.1 Å². The molecule has 1 aromatic heterocycles. The summed E-state index contributed by atoms with van der Waals surface area (Å²) in [5, 5.41) is 18.0. The fraction of sp³-hybridized carbons (Fsp3) is 0.100. The molecule has 0 spiro atoms. The molecule has 1 heterocycles. The second kappa shape index (κ2) is 5.33. The van der Waals surface area contributed by atoms with Gasteiger partial charge in [0, 0.05) is 15.8 Å². The van der Waals surface area contributed by atoms with Crippen LogP contribution in [0, 0.1) is 0 Å². The monoisotopic (exact) mass is 313 g/mol. The molecule has 2 aromatic rings. The van der Waals surface area contributed by atoms with Crippen LogP contribution in [0.1, 0.15) is 0 Å². The van der Waals surface area contributed by atoms with E-state index in [1.165, 1.54) is 0 Å². The summed E-state index contributed by atoms with van der Waals surface area (Å²) < 4.78 is 6.25. The van der Waals surface area contributed by atoms with Crippen molar-refractivity contribution in [2.45, 2.75) is 5.22 Å². The summed E-state index contributed by atoms with van der Waals surface area (Å²) in [6, 6.07) is 7.36. The lowest BCUT2D eigenvalue weighted by Crippen LogP contribution is -2.24. The number of rotatable bonds is 4. The zero-order valence-corrected chi connectivity index (χ0v) is 10.8. The molecule has 88 valence electrons. The summed E-state index contributed by atoms with van der Waals surface area (Å²) in [6.07, 6.45) is 0. The minimum Gasteiger partial charge on any atom is -0.549 e. The van der Waals surface area contributed by atoms with Crippen molar-refractivity contribution in [1.29, 1.82) is 0 Å². The summed E-state index contributed by atoms with van der Waals surface area (Å²) in [7, 11) is 0. The van der Waals surface area contributed by atoms with Gasteiger partial charge in [-0.1, -0.05) is 27.7 Å². The number of hydrogen-bond acceptors (Lipinski definition) is 6. The van der Waals surface area contributed by atoms with E-state index in [1.54, 1.807) is 0 Å². The first-order valence-electron chi connectivity index (χ1n) is 4.57. The zero-order chi connectivity index (χ0) is 12.3. The van der Waals surface area contributed by atoms with Gasteiger partial charge >= 0.3 is 0 Å². The second-order valence-corrected chi connectivity index (χ2v) is 4.88. The van der Waals surface area contributed by atoms with E-state index in [0.717, 1.165) is 21.8 Å². The summed E-state index contributed by atoms with van der Waals surface area (Å²) in [5.74, 6) is -1.01. The van der Waals surface area contributed by atoms with E-state index in [1.807, 2.05) is 24.3 Å². The second-order valence-electron chi connectivity index (χ2n) is 3.04. The molecule has 17 heavy (non-hydrogen) atoms. The predicted molar refractivity (Wildman–Crippen MR) is 63.2 cm³/mol. The lowest BCUT2D eigenvalue weighted by Gasteiger charge is -1.96. The molecule has 0 aliphatic heterocycles. The number of carboxylic acids is 1. The van der Waals surface area contributed by atoms with Gasteiger partial charge in [0.2, 0.25) is 5.89 Å². The quantitative estimate of drug-likeness (QED) is 0.793. The van der Waals surface area contributed by atoms with Crippen LogP contribution in [0.15, 0.2) is 38.4 Å². The minimum absolute atomic E-state index is 0.206. The number of aliphatic carboxylic acids is 1. The molecule has 0 saturated carbocycles. The minimum atomic E-state index is -1.17. The normalized spacial score (nSPS) is 10.4. The number of carboxylic acid groups (broad SMARTS) is 1. The number of carbonyl (C=O) groups excluding carboxylic acids is 1. The smallest absolute Gasteiger partial charge is 0.277 e. The van der Waals surface area contributed by atoms with E-state index in [-0.39, 0.29) is 11.0 Å². The van der Waals surface area contributed by atoms with Crippen molar-refractivity contribution in [3.8, 4) is 11.5 Å². The first-order valence-corrected chi connectivity index (χ1v) is 6.35. The molecular formula is C10H6BrN2O3S-. The third-order valence-electron chi connectivity index (χ3n) is 1.81. The first kappa shape index (κ1) is 12.1. The Hall–Kier alpha value is -1.34. The van der Waals surface area contributed by atoms with Gasteiger partial charge in [-0.3, -0.25) is 0 Å². The Balaban J connectivity index is 2.12. The van der Waals surface area contributed by atoms with Gasteiger partial charge in [0.25, 0.3) is 5.22 Å². The largest absolute Gasteiger partial charge is 0.549 e. The van der Waals surface area contributed by atoms with Crippen LogP contribution >= 0.6 is 27.7 Å². The Morgan fingerprint density at radius 1 is 1.35 bits per heavy atom. The van der Waals surface area contributed by atoms with Crippen LogP contribution in [-0.2, 0) is 4.79 Å². The number of thioether (sulfide) groups is 1. The van der Waals surface area contributed by atoms with E-state index in [0.29, 0.717) is 5.89 Å². The average molecular weight is 314 g/mol. The van der Waals surface area contributed by atoms with Crippen molar-refractivity contribution in [3.05, 3.63) is 28.7 Å². The van der Waals surface area contributed by atoms with Gasteiger partial charge in [0.05, 0.1) is 5.97 Å². The lowest BCUT2D eigenvalue weighted by atomic mass is 10.2. The van der Waals surface area contributed by atoms with Crippen LogP contribution in [0.3, 0.4) is 0 Å². The van der Waals surface area contributed by atoms with Crippen molar-refractivity contribution in [2.24, 2.45) is 0 Å². The van der Waals surface area contributed by atoms with Crippen LogP contribution in [0.2, 0.25) is 0 Å². The molecule has 0 bridgehead atoms. The highest BCUT2D eigenvalue weighted by Gasteiger charge is 2.08. The van der Waals surface area contributed by atoms with Crippen LogP contribution in [0.25, 0.3) is 11.5 Å². The van der Waals surface area contributed by atoms with E-state index in [4.69, 9.17) is 4.42 Å². The first-order chi connectivity index (χ1) is 8.15. The fourth-order valence-corrected chi connectivity index (χ4v) is 1.84. The van der Waals surface area contributed by atoms with Crippen molar-refractivity contribution in [1.82, 2.24) is 10.2 Å². The number of hydrogen-bond donors (Lipinski definition) is 0. The third kappa shape index (κ3) is 3.31. The Labute approximate surface area is 109 Å². The summed E-state index contributed by atoms with van der Waals surface area (Å²) in [6.45, 7) is 0. The Kier molecular flexibility index (Phi) is 3.80. The molecule has 0 amide bonds. The SMILES string of the molecule is O=C([O-])CSc1nnc(-c2ccc(Br)cc2)o1. The molecule has 0 N–H and O–H groups in total. The molecule has 0 aliphatic carbocycles. The molecule has 2 rings (SSSR count). The van der Waals surface area contributed by atoms with Gasteiger partial charge in [0.15, 0.2) is 0 Å². The van der Waals surface area contributed by atoms with Gasteiger partial charge < -0.3 is 14.3 Å². The highest BCUT2D eigenvalue weighted by atomic mass is 79.9. The lowest BCUT2D eigenvalue weighted by molar-refractivity contribution is -0.301. The summed E-state index contributed by atoms with van der Waals surface area (Å²) >= 11 is 4.26. The van der Waals surface area contributed by atoms with Crippen LogP contribution in [0.4, 0.5) is 0 Å². The van der Waals surface area contributed by atoms with Crippen molar-refractivity contribution in [3.63, 3.8) is 0 Å². The van der Waals surface area contributed by atoms with Crippen molar-refractivity contribution in [2.75, 3.05) is 5.75 Å². The van der Waals surface area contributed by atoms with Crippen LogP contribution in [0.5, 0.6) is 0 Å². The van der Waals surface area contributed by atoms with Crippen LogP contribution in [-0.4, -0.2) is 21.9 Å². The fourth-order valence-electron chi connectivity index (χ4n) is 1.10. The van der Waals surface area contributed by atoms with E-state index in [9.17, 15) is 9.90 Å². The van der Waals surface area contributed by atoms with Crippen molar-refractivity contribution < 1.29 is 14.3 Å². The topological polar surface area (TPSA) is 79.0 Å². The molecule has 7 heteroatoms. The maximum atomic E-state index is 10.3.